The lowest BCUT2D eigenvalue weighted by Crippen LogP contribution is -2.33. The van der Waals surface area contributed by atoms with Crippen LogP contribution in [0.15, 0.2) is 18.5 Å². The van der Waals surface area contributed by atoms with Crippen molar-refractivity contribution in [3.05, 3.63) is 24.3 Å². The summed E-state index contributed by atoms with van der Waals surface area (Å²) in [5, 5.41) is 0. The van der Waals surface area contributed by atoms with E-state index in [0.29, 0.717) is 6.61 Å². The van der Waals surface area contributed by atoms with Crippen LogP contribution in [-0.4, -0.2) is 52.1 Å². The Morgan fingerprint density at radius 2 is 2.33 bits per heavy atom. The minimum atomic E-state index is 0.0975. The van der Waals surface area contributed by atoms with E-state index in [9.17, 15) is 4.79 Å². The summed E-state index contributed by atoms with van der Waals surface area (Å²) >= 11 is 0. The first-order valence-electron chi connectivity index (χ1n) is 8.73. The lowest BCUT2D eigenvalue weighted by Gasteiger charge is -2.20. The number of likely N-dealkylation sites (tertiary alicyclic amines) is 1. The molecule has 2 aromatic heterocycles. The molecule has 1 aliphatic rings. The van der Waals surface area contributed by atoms with Gasteiger partial charge in [0.2, 0.25) is 5.91 Å². The fourth-order valence-corrected chi connectivity index (χ4v) is 3.38. The number of methoxy groups -OCH3 is 1. The van der Waals surface area contributed by atoms with E-state index in [0.717, 1.165) is 49.3 Å². The van der Waals surface area contributed by atoms with Crippen LogP contribution in [0.2, 0.25) is 0 Å². The molecule has 24 heavy (non-hydrogen) atoms. The molecule has 0 saturated carbocycles. The molecule has 1 saturated heterocycles. The van der Waals surface area contributed by atoms with Gasteiger partial charge in [-0.05, 0) is 18.9 Å². The predicted octanol–water partition coefficient (Wildman–Crippen LogP) is 2.44. The topological polar surface area (TPSA) is 60.2 Å². The molecular weight excluding hydrogens is 304 g/mol. The van der Waals surface area contributed by atoms with E-state index in [1.54, 1.807) is 13.3 Å². The normalized spacial score (nSPS) is 19.1. The van der Waals surface area contributed by atoms with Gasteiger partial charge in [-0.15, -0.1) is 0 Å². The molecule has 0 bridgehead atoms. The van der Waals surface area contributed by atoms with Crippen LogP contribution >= 0.6 is 0 Å². The Hall–Kier alpha value is -1.95. The Morgan fingerprint density at radius 1 is 1.50 bits per heavy atom. The average Bonchev–Trinajstić information content (AvgIpc) is 3.23. The van der Waals surface area contributed by atoms with Gasteiger partial charge in [-0.1, -0.05) is 13.8 Å². The van der Waals surface area contributed by atoms with Crippen LogP contribution in [0.4, 0.5) is 0 Å². The lowest BCUT2D eigenvalue weighted by atomic mass is 10.1. The standard InChI is InChI=1S/C18H26N4O2/c1-4-13(2)18(23)21-8-6-14(12-21)17-20-15-5-7-19-11-16(15)22(17)9-10-24-3/h5,7,11,13-14H,4,6,8-10,12H2,1-3H3/t13-,14-/m0/s1. The molecule has 2 atom stereocenters. The van der Waals surface area contributed by atoms with E-state index in [1.807, 2.05) is 24.1 Å². The molecule has 6 heteroatoms. The maximum absolute atomic E-state index is 12.5. The molecule has 0 unspecified atom stereocenters. The quantitative estimate of drug-likeness (QED) is 0.816. The molecule has 1 amide bonds. The van der Waals surface area contributed by atoms with Crippen molar-refractivity contribution in [1.82, 2.24) is 19.4 Å². The third-order valence-corrected chi connectivity index (χ3v) is 5.00. The fraction of sp³-hybridized carbons (Fsp3) is 0.611. The van der Waals surface area contributed by atoms with Crippen molar-refractivity contribution in [1.29, 1.82) is 0 Å². The van der Waals surface area contributed by atoms with Gasteiger partial charge in [0.05, 0.1) is 23.8 Å². The molecule has 0 radical (unpaired) electrons. The molecule has 3 heterocycles. The largest absolute Gasteiger partial charge is 0.383 e. The van der Waals surface area contributed by atoms with E-state index >= 15 is 0 Å². The SMILES string of the molecule is CC[C@H](C)C(=O)N1CC[C@H](c2nc3ccncc3n2CCOC)C1. The number of carbonyl (C=O) groups is 1. The van der Waals surface area contributed by atoms with Crippen LogP contribution in [0, 0.1) is 5.92 Å². The van der Waals surface area contributed by atoms with Gasteiger partial charge in [0, 0.05) is 44.8 Å². The van der Waals surface area contributed by atoms with Crippen LogP contribution in [0.25, 0.3) is 11.0 Å². The van der Waals surface area contributed by atoms with Crippen LogP contribution < -0.4 is 0 Å². The van der Waals surface area contributed by atoms with E-state index in [4.69, 9.17) is 9.72 Å². The first kappa shape index (κ1) is 16.9. The predicted molar refractivity (Wildman–Crippen MR) is 92.8 cm³/mol. The van der Waals surface area contributed by atoms with Crippen molar-refractivity contribution in [3.8, 4) is 0 Å². The highest BCUT2D eigenvalue weighted by Gasteiger charge is 2.32. The zero-order valence-electron chi connectivity index (χ0n) is 14.7. The number of hydrogen-bond donors (Lipinski definition) is 0. The maximum Gasteiger partial charge on any atom is 0.225 e. The Bertz CT molecular complexity index is 712. The number of rotatable bonds is 6. The summed E-state index contributed by atoms with van der Waals surface area (Å²) in [6.45, 7) is 7.04. The average molecular weight is 330 g/mol. The number of amides is 1. The van der Waals surface area contributed by atoms with Crippen molar-refractivity contribution in [2.24, 2.45) is 5.92 Å². The molecule has 3 rings (SSSR count). The number of ether oxygens (including phenoxy) is 1. The number of nitrogens with zero attached hydrogens (tertiary/aromatic N) is 4. The van der Waals surface area contributed by atoms with Crippen molar-refractivity contribution < 1.29 is 9.53 Å². The van der Waals surface area contributed by atoms with E-state index in [1.165, 1.54) is 0 Å². The van der Waals surface area contributed by atoms with E-state index < -0.39 is 0 Å². The third-order valence-electron chi connectivity index (χ3n) is 5.00. The number of fused-ring (bicyclic) bond motifs is 1. The second kappa shape index (κ2) is 7.30. The van der Waals surface area contributed by atoms with Gasteiger partial charge in [0.1, 0.15) is 5.82 Å². The number of carbonyl (C=O) groups excluding carboxylic acids is 1. The molecule has 0 N–H and O–H groups in total. The fourth-order valence-electron chi connectivity index (χ4n) is 3.38. The highest BCUT2D eigenvalue weighted by molar-refractivity contribution is 5.79. The van der Waals surface area contributed by atoms with E-state index in [-0.39, 0.29) is 17.7 Å². The van der Waals surface area contributed by atoms with Gasteiger partial charge in [-0.25, -0.2) is 4.98 Å². The van der Waals surface area contributed by atoms with Gasteiger partial charge in [0.25, 0.3) is 0 Å². The van der Waals surface area contributed by atoms with Gasteiger partial charge in [-0.3, -0.25) is 9.78 Å². The second-order valence-corrected chi connectivity index (χ2v) is 6.56. The van der Waals surface area contributed by atoms with Crippen LogP contribution in [0.5, 0.6) is 0 Å². The van der Waals surface area contributed by atoms with Crippen molar-refractivity contribution in [2.45, 2.75) is 39.2 Å². The van der Waals surface area contributed by atoms with Crippen LogP contribution in [-0.2, 0) is 16.1 Å². The maximum atomic E-state index is 12.5. The number of hydrogen-bond acceptors (Lipinski definition) is 4. The second-order valence-electron chi connectivity index (χ2n) is 6.56. The Labute approximate surface area is 142 Å². The minimum Gasteiger partial charge on any atom is -0.383 e. The molecule has 1 aliphatic heterocycles. The van der Waals surface area contributed by atoms with Crippen molar-refractivity contribution >= 4 is 16.9 Å². The summed E-state index contributed by atoms with van der Waals surface area (Å²) in [5.74, 6) is 1.69. The summed E-state index contributed by atoms with van der Waals surface area (Å²) in [6.07, 6.45) is 5.48. The third kappa shape index (κ3) is 3.15. The smallest absolute Gasteiger partial charge is 0.225 e. The van der Waals surface area contributed by atoms with Crippen molar-refractivity contribution in [2.75, 3.05) is 26.8 Å². The Kier molecular flexibility index (Phi) is 5.14. The molecule has 130 valence electrons. The zero-order valence-corrected chi connectivity index (χ0v) is 14.7. The van der Waals surface area contributed by atoms with Gasteiger partial charge < -0.3 is 14.2 Å². The van der Waals surface area contributed by atoms with Crippen LogP contribution in [0.1, 0.15) is 38.4 Å². The monoisotopic (exact) mass is 330 g/mol. The first-order valence-corrected chi connectivity index (χ1v) is 8.73. The summed E-state index contributed by atoms with van der Waals surface area (Å²) < 4.78 is 7.46. The lowest BCUT2D eigenvalue weighted by molar-refractivity contribution is -0.134. The molecule has 0 aliphatic carbocycles. The summed E-state index contributed by atoms with van der Waals surface area (Å²) in [6, 6.07) is 1.94. The number of aromatic nitrogens is 3. The summed E-state index contributed by atoms with van der Waals surface area (Å²) in [7, 11) is 1.71. The molecule has 2 aromatic rings. The minimum absolute atomic E-state index is 0.0975. The molecule has 6 nitrogen and oxygen atoms in total. The molecule has 1 fully saturated rings. The first-order chi connectivity index (χ1) is 11.7. The van der Waals surface area contributed by atoms with Gasteiger partial charge in [-0.2, -0.15) is 0 Å². The molecule has 0 aromatic carbocycles. The zero-order chi connectivity index (χ0) is 17.1. The van der Waals surface area contributed by atoms with Crippen molar-refractivity contribution in [3.63, 3.8) is 0 Å². The van der Waals surface area contributed by atoms with Gasteiger partial charge in [0.15, 0.2) is 0 Å². The summed E-state index contributed by atoms with van der Waals surface area (Å²) in [5.41, 5.74) is 2.00. The highest BCUT2D eigenvalue weighted by atomic mass is 16.5. The molecular formula is C18H26N4O2. The Balaban J connectivity index is 1.85. The van der Waals surface area contributed by atoms with Crippen LogP contribution in [0.3, 0.4) is 0 Å². The number of imidazole rings is 1. The number of pyridine rings is 1. The van der Waals surface area contributed by atoms with Gasteiger partial charge >= 0.3 is 0 Å². The molecule has 0 spiro atoms. The summed E-state index contributed by atoms with van der Waals surface area (Å²) in [4.78, 5) is 23.5. The highest BCUT2D eigenvalue weighted by Crippen LogP contribution is 2.30. The van der Waals surface area contributed by atoms with E-state index in [2.05, 4.69) is 16.5 Å². The Morgan fingerprint density at radius 3 is 3.08 bits per heavy atom.